The smallest absolute Gasteiger partial charge is 0.176 e. The first-order chi connectivity index (χ1) is 11.6. The molecule has 0 amide bonds. The lowest BCUT2D eigenvalue weighted by Gasteiger charge is -2.28. The van der Waals surface area contributed by atoms with Crippen LogP contribution < -0.4 is 10.1 Å². The van der Waals surface area contributed by atoms with Crippen molar-refractivity contribution < 1.29 is 14.6 Å². The molecule has 0 spiro atoms. The van der Waals surface area contributed by atoms with Crippen LogP contribution in [0, 0.1) is 0 Å². The maximum Gasteiger partial charge on any atom is 0.176 e. The summed E-state index contributed by atoms with van der Waals surface area (Å²) in [6.45, 7) is 5.87. The van der Waals surface area contributed by atoms with Crippen molar-refractivity contribution in [3.05, 3.63) is 59.7 Å². The monoisotopic (exact) mass is 325 g/mol. The van der Waals surface area contributed by atoms with Gasteiger partial charge in [0.2, 0.25) is 0 Å². The van der Waals surface area contributed by atoms with Crippen molar-refractivity contribution in [3.63, 3.8) is 0 Å². The molecule has 2 aliphatic rings. The number of hydrogen-bond acceptors (Lipinski definition) is 4. The molecule has 0 radical (unpaired) electrons. The van der Waals surface area contributed by atoms with E-state index < -0.39 is 12.3 Å². The van der Waals surface area contributed by atoms with Gasteiger partial charge in [-0.3, -0.25) is 10.1 Å². The lowest BCUT2D eigenvalue weighted by atomic mass is 9.80. The molecule has 0 heterocycles. The predicted molar refractivity (Wildman–Crippen MR) is 95.0 cm³/mol. The number of ether oxygens (including phenoxy) is 1. The minimum Gasteiger partial charge on any atom is -0.472 e. The highest BCUT2D eigenvalue weighted by Crippen LogP contribution is 2.41. The Morgan fingerprint density at radius 2 is 2.29 bits per heavy atom. The van der Waals surface area contributed by atoms with Gasteiger partial charge in [0.1, 0.15) is 11.9 Å². The number of aliphatic hydroxyl groups is 1. The Balaban J connectivity index is 2.00. The topological polar surface area (TPSA) is 58.6 Å². The summed E-state index contributed by atoms with van der Waals surface area (Å²) in [7, 11) is 0. The van der Waals surface area contributed by atoms with Crippen molar-refractivity contribution >= 4 is 11.4 Å². The van der Waals surface area contributed by atoms with E-state index in [-0.39, 0.29) is 5.78 Å². The van der Waals surface area contributed by atoms with Crippen molar-refractivity contribution in [2.45, 2.75) is 38.5 Å². The minimum absolute atomic E-state index is 0.136. The third-order valence-corrected chi connectivity index (χ3v) is 4.40. The van der Waals surface area contributed by atoms with Gasteiger partial charge in [-0.1, -0.05) is 35.9 Å². The van der Waals surface area contributed by atoms with Gasteiger partial charge < -0.3 is 9.84 Å². The van der Waals surface area contributed by atoms with Gasteiger partial charge in [-0.05, 0) is 31.4 Å². The maximum atomic E-state index is 12.5. The first kappa shape index (κ1) is 16.7. The highest BCUT2D eigenvalue weighted by Gasteiger charge is 2.28. The summed E-state index contributed by atoms with van der Waals surface area (Å²) in [5, 5.41) is 13.1. The van der Waals surface area contributed by atoms with Gasteiger partial charge in [0, 0.05) is 24.1 Å². The molecule has 0 saturated heterocycles. The quantitative estimate of drug-likeness (QED) is 0.623. The number of fused-ring (bicyclic) bond motifs is 2. The van der Waals surface area contributed by atoms with E-state index in [1.54, 1.807) is 13.0 Å². The van der Waals surface area contributed by atoms with Crippen LogP contribution in [0.2, 0.25) is 0 Å². The summed E-state index contributed by atoms with van der Waals surface area (Å²) in [5.74, 6) is 0.763. The van der Waals surface area contributed by atoms with Crippen molar-refractivity contribution in [3.8, 4) is 5.75 Å². The van der Waals surface area contributed by atoms with Crippen LogP contribution in [-0.4, -0.2) is 29.8 Å². The fourth-order valence-electron chi connectivity index (χ4n) is 3.23. The Morgan fingerprint density at radius 1 is 1.46 bits per heavy atom. The molecule has 2 unspecified atom stereocenters. The molecule has 0 aliphatic heterocycles. The second-order valence-electron chi connectivity index (χ2n) is 6.21. The van der Waals surface area contributed by atoms with Crippen molar-refractivity contribution in [2.24, 2.45) is 0 Å². The molecular weight excluding hydrogens is 302 g/mol. The summed E-state index contributed by atoms with van der Waals surface area (Å²) in [6, 6.07) is 5.54. The molecular formula is C20H23NO3. The van der Waals surface area contributed by atoms with Crippen molar-refractivity contribution in [1.29, 1.82) is 0 Å². The summed E-state index contributed by atoms with van der Waals surface area (Å²) >= 11 is 0. The third-order valence-electron chi connectivity index (χ3n) is 4.40. The van der Waals surface area contributed by atoms with E-state index in [9.17, 15) is 9.90 Å². The lowest BCUT2D eigenvalue weighted by molar-refractivity contribution is 0.0291. The number of carbonyl (C=O) groups is 1. The number of hydrogen-bond donors (Lipinski definition) is 2. The average Bonchev–Trinajstić information content (AvgIpc) is 2.58. The van der Waals surface area contributed by atoms with E-state index in [2.05, 4.69) is 24.0 Å². The zero-order valence-corrected chi connectivity index (χ0v) is 13.9. The highest BCUT2D eigenvalue weighted by molar-refractivity contribution is 6.08. The van der Waals surface area contributed by atoms with E-state index >= 15 is 0 Å². The second-order valence-corrected chi connectivity index (χ2v) is 6.21. The fraction of sp³-hybridized carbons (Fsp3) is 0.350. The molecule has 2 atom stereocenters. The highest BCUT2D eigenvalue weighted by atomic mass is 16.5. The van der Waals surface area contributed by atoms with Crippen LogP contribution in [0.1, 0.15) is 42.1 Å². The number of carbonyl (C=O) groups excluding carboxylic acids is 1. The molecule has 3 rings (SSSR count). The normalized spacial score (nSPS) is 18.7. The van der Waals surface area contributed by atoms with E-state index in [1.165, 1.54) is 5.57 Å². The number of allylic oxidation sites excluding steroid dienone is 4. The standard InChI is InChI=1S/C20H23NO3/c1-3-11-21-20(13(2)22)24-18-10-6-9-16-17(23)12-14-7-4-5-8-15(14)19(16)18/h3,5-6,8-10,13,20-22H,1,4,7,11-12H2,2H3. The van der Waals surface area contributed by atoms with Crippen LogP contribution >= 0.6 is 0 Å². The number of rotatable bonds is 6. The van der Waals surface area contributed by atoms with E-state index in [4.69, 9.17) is 4.74 Å². The molecule has 2 aliphatic carbocycles. The molecule has 24 heavy (non-hydrogen) atoms. The summed E-state index contributed by atoms with van der Waals surface area (Å²) in [6.07, 6.45) is 7.06. The number of Topliss-reactive ketones (excluding diaryl/α,β-unsaturated/α-hetero) is 1. The largest absolute Gasteiger partial charge is 0.472 e. The van der Waals surface area contributed by atoms with E-state index in [0.29, 0.717) is 24.3 Å². The minimum atomic E-state index is -0.699. The van der Waals surface area contributed by atoms with Crippen LogP contribution in [0.3, 0.4) is 0 Å². The third kappa shape index (κ3) is 3.21. The summed E-state index contributed by atoms with van der Waals surface area (Å²) in [5.41, 5.74) is 3.83. The summed E-state index contributed by atoms with van der Waals surface area (Å²) in [4.78, 5) is 12.5. The number of aliphatic hydroxyl groups excluding tert-OH is 1. The maximum absolute atomic E-state index is 12.5. The van der Waals surface area contributed by atoms with Crippen LogP contribution in [0.15, 0.2) is 48.6 Å². The molecule has 126 valence electrons. The van der Waals surface area contributed by atoms with Gasteiger partial charge in [-0.25, -0.2) is 0 Å². The average molecular weight is 325 g/mol. The van der Waals surface area contributed by atoms with Gasteiger partial charge >= 0.3 is 0 Å². The van der Waals surface area contributed by atoms with Gasteiger partial charge in [-0.15, -0.1) is 6.58 Å². The van der Waals surface area contributed by atoms with Crippen LogP contribution in [0.25, 0.3) is 5.57 Å². The Labute approximate surface area is 142 Å². The molecule has 0 bridgehead atoms. The molecule has 4 heteroatoms. The lowest BCUT2D eigenvalue weighted by Crippen LogP contribution is -2.43. The molecule has 2 N–H and O–H groups in total. The first-order valence-corrected chi connectivity index (χ1v) is 8.36. The van der Waals surface area contributed by atoms with Gasteiger partial charge in [0.05, 0.1) is 0 Å². The Bertz CT molecular complexity index is 716. The van der Waals surface area contributed by atoms with Gasteiger partial charge in [-0.2, -0.15) is 0 Å². The molecule has 1 aromatic carbocycles. The molecule has 0 aromatic heterocycles. The Morgan fingerprint density at radius 3 is 3.04 bits per heavy atom. The van der Waals surface area contributed by atoms with Crippen molar-refractivity contribution in [2.75, 3.05) is 6.54 Å². The number of nitrogens with one attached hydrogen (secondary N) is 1. The zero-order valence-electron chi connectivity index (χ0n) is 13.9. The second kappa shape index (κ2) is 7.16. The molecule has 0 saturated carbocycles. The zero-order chi connectivity index (χ0) is 17.1. The van der Waals surface area contributed by atoms with Crippen LogP contribution in [-0.2, 0) is 0 Å². The molecule has 1 aromatic rings. The molecule has 0 fully saturated rings. The first-order valence-electron chi connectivity index (χ1n) is 8.36. The van der Waals surface area contributed by atoms with E-state index in [0.717, 1.165) is 24.0 Å². The Hall–Kier alpha value is -2.17. The van der Waals surface area contributed by atoms with E-state index in [1.807, 2.05) is 18.2 Å². The van der Waals surface area contributed by atoms with Crippen LogP contribution in [0.5, 0.6) is 5.75 Å². The van der Waals surface area contributed by atoms with Crippen LogP contribution in [0.4, 0.5) is 0 Å². The Kier molecular flexibility index (Phi) is 4.97. The SMILES string of the molecule is C=CCNC(Oc1cccc2c1C1=C(CCC=C1)CC2=O)C(C)O. The van der Waals surface area contributed by atoms with Crippen molar-refractivity contribution in [1.82, 2.24) is 5.32 Å². The number of benzene rings is 1. The predicted octanol–water partition coefficient (Wildman–Crippen LogP) is 3.24. The fourth-order valence-corrected chi connectivity index (χ4v) is 3.23. The summed E-state index contributed by atoms with van der Waals surface area (Å²) < 4.78 is 6.04. The number of ketones is 1. The van der Waals surface area contributed by atoms with Gasteiger partial charge in [0.15, 0.2) is 12.0 Å². The van der Waals surface area contributed by atoms with Gasteiger partial charge in [0.25, 0.3) is 0 Å². The molecule has 4 nitrogen and oxygen atoms in total.